The Morgan fingerprint density at radius 3 is 1.57 bits per heavy atom. The SMILES string of the molecule is c1ccc(-n2c3ccccc3c3cccc(-c4cccc5c4oc4cccc(-c6nc(-c7cccc(-c8ccc9c(c8)oc8ccccc89)c7)nc(-c7cccc(-n8c9ccccc9c9ccccc98)c7)n6)c45)c32)cc1. The molecule has 7 nitrogen and oxygen atoms in total. The summed E-state index contributed by atoms with van der Waals surface area (Å²) in [5, 5.41) is 8.88. The second-order valence-corrected chi connectivity index (χ2v) is 19.5. The van der Waals surface area contributed by atoms with Crippen LogP contribution in [0, 0.1) is 0 Å². The standard InChI is InChI=1S/C69H41N5O2/c1-2-20-46(21-3-1)74-60-34-10-6-25-50(60)53-27-14-28-54(65(53)74)55-29-15-30-56-64-57(31-16-36-62(64)76-66(55)56)69-71-67(44-18-12-17-42(39-44)43-37-38-52-51-26-7-11-35-61(51)75-63(52)41-43)70-68(72-69)45-19-13-22-47(40-45)73-58-32-8-4-23-48(58)49-24-5-9-33-59(49)73/h1-41H. The van der Waals surface area contributed by atoms with Gasteiger partial charge >= 0.3 is 0 Å². The fourth-order valence-corrected chi connectivity index (χ4v) is 11.8. The van der Waals surface area contributed by atoms with E-state index in [1.54, 1.807) is 0 Å². The third-order valence-electron chi connectivity index (χ3n) is 15.2. The minimum absolute atomic E-state index is 0.543. The zero-order valence-corrected chi connectivity index (χ0v) is 40.7. The molecule has 7 heteroatoms. The van der Waals surface area contributed by atoms with Gasteiger partial charge in [-0.3, -0.25) is 0 Å². The maximum atomic E-state index is 7.05. The third kappa shape index (κ3) is 6.46. The minimum atomic E-state index is 0.543. The molecule has 0 spiro atoms. The van der Waals surface area contributed by atoms with Gasteiger partial charge in [0, 0.05) is 82.3 Å². The molecule has 16 aromatic rings. The monoisotopic (exact) mass is 971 g/mol. The summed E-state index contributed by atoms with van der Waals surface area (Å²) in [6.07, 6.45) is 0. The summed E-state index contributed by atoms with van der Waals surface area (Å²) >= 11 is 0. The van der Waals surface area contributed by atoms with Crippen LogP contribution in [0.3, 0.4) is 0 Å². The second kappa shape index (κ2) is 16.6. The maximum Gasteiger partial charge on any atom is 0.164 e. The van der Waals surface area contributed by atoms with Gasteiger partial charge in [-0.05, 0) is 83.9 Å². The lowest BCUT2D eigenvalue weighted by molar-refractivity contribution is 0.669. The molecule has 0 saturated carbocycles. The van der Waals surface area contributed by atoms with Gasteiger partial charge in [-0.1, -0.05) is 176 Å². The van der Waals surface area contributed by atoms with E-state index in [4.69, 9.17) is 23.8 Å². The predicted octanol–water partition coefficient (Wildman–Crippen LogP) is 18.2. The second-order valence-electron chi connectivity index (χ2n) is 19.5. The van der Waals surface area contributed by atoms with Gasteiger partial charge in [0.25, 0.3) is 0 Å². The van der Waals surface area contributed by atoms with E-state index < -0.39 is 0 Å². The van der Waals surface area contributed by atoms with Crippen molar-refractivity contribution in [3.05, 3.63) is 249 Å². The first-order chi connectivity index (χ1) is 37.7. The summed E-state index contributed by atoms with van der Waals surface area (Å²) in [6, 6.07) is 87.3. The molecule has 0 saturated heterocycles. The lowest BCUT2D eigenvalue weighted by Crippen LogP contribution is -2.01. The van der Waals surface area contributed by atoms with Crippen LogP contribution < -0.4 is 0 Å². The molecule has 5 heterocycles. The van der Waals surface area contributed by atoms with Crippen molar-refractivity contribution in [2.75, 3.05) is 0 Å². The highest BCUT2D eigenvalue weighted by molar-refractivity contribution is 6.19. The average Bonchev–Trinajstić information content (AvgIpc) is 4.27. The third-order valence-corrected chi connectivity index (χ3v) is 15.2. The van der Waals surface area contributed by atoms with Gasteiger partial charge in [0.1, 0.15) is 22.3 Å². The Bertz CT molecular complexity index is 4970. The van der Waals surface area contributed by atoms with Crippen LogP contribution >= 0.6 is 0 Å². The molecule has 0 atom stereocenters. The average molecular weight is 972 g/mol. The highest BCUT2D eigenvalue weighted by Gasteiger charge is 2.23. The van der Waals surface area contributed by atoms with Gasteiger partial charge in [-0.25, -0.2) is 15.0 Å². The van der Waals surface area contributed by atoms with E-state index >= 15 is 0 Å². The van der Waals surface area contributed by atoms with Crippen molar-refractivity contribution in [3.8, 4) is 67.8 Å². The van der Waals surface area contributed by atoms with E-state index in [0.717, 1.165) is 116 Å². The zero-order chi connectivity index (χ0) is 49.8. The molecule has 76 heavy (non-hydrogen) atoms. The summed E-state index contributed by atoms with van der Waals surface area (Å²) in [4.78, 5) is 16.2. The van der Waals surface area contributed by atoms with Crippen molar-refractivity contribution in [2.24, 2.45) is 0 Å². The molecule has 0 bridgehead atoms. The first kappa shape index (κ1) is 42.2. The quantitative estimate of drug-likeness (QED) is 0.159. The molecular weight excluding hydrogens is 931 g/mol. The largest absolute Gasteiger partial charge is 0.456 e. The fraction of sp³-hybridized carbons (Fsp3) is 0. The van der Waals surface area contributed by atoms with Gasteiger partial charge in [0.2, 0.25) is 0 Å². The number of rotatable bonds is 7. The highest BCUT2D eigenvalue weighted by Crippen LogP contribution is 2.45. The topological polar surface area (TPSA) is 74.8 Å². The zero-order valence-electron chi connectivity index (χ0n) is 40.7. The van der Waals surface area contributed by atoms with Crippen molar-refractivity contribution >= 4 is 87.5 Å². The summed E-state index contributed by atoms with van der Waals surface area (Å²) in [5.41, 5.74) is 16.6. The molecule has 0 fully saturated rings. The summed E-state index contributed by atoms with van der Waals surface area (Å²) in [7, 11) is 0. The van der Waals surface area contributed by atoms with Crippen molar-refractivity contribution in [1.29, 1.82) is 0 Å². The van der Waals surface area contributed by atoms with Gasteiger partial charge < -0.3 is 18.0 Å². The Morgan fingerprint density at radius 1 is 0.276 bits per heavy atom. The lowest BCUT2D eigenvalue weighted by atomic mass is 9.98. The van der Waals surface area contributed by atoms with Gasteiger partial charge in [-0.2, -0.15) is 0 Å². The molecule has 0 aliphatic heterocycles. The summed E-state index contributed by atoms with van der Waals surface area (Å²) < 4.78 is 18.1. The van der Waals surface area contributed by atoms with Crippen LogP contribution in [0.2, 0.25) is 0 Å². The number of para-hydroxylation sites is 7. The molecule has 0 N–H and O–H groups in total. The molecular formula is C69H41N5O2. The minimum Gasteiger partial charge on any atom is -0.456 e. The molecule has 0 aliphatic carbocycles. The van der Waals surface area contributed by atoms with Crippen LogP contribution in [-0.2, 0) is 0 Å². The van der Waals surface area contributed by atoms with E-state index in [0.29, 0.717) is 17.5 Å². The van der Waals surface area contributed by atoms with Gasteiger partial charge in [-0.15, -0.1) is 0 Å². The normalized spacial score (nSPS) is 11.9. The Hall–Kier alpha value is -10.4. The molecule has 0 amide bonds. The molecule has 0 aliphatic rings. The van der Waals surface area contributed by atoms with Gasteiger partial charge in [0.15, 0.2) is 17.5 Å². The smallest absolute Gasteiger partial charge is 0.164 e. The Kier molecular flexibility index (Phi) is 9.20. The molecule has 0 unspecified atom stereocenters. The molecule has 0 radical (unpaired) electrons. The van der Waals surface area contributed by atoms with Crippen molar-refractivity contribution < 1.29 is 8.83 Å². The van der Waals surface area contributed by atoms with E-state index in [1.165, 1.54) is 21.5 Å². The number of hydrogen-bond acceptors (Lipinski definition) is 5. The predicted molar refractivity (Wildman–Crippen MR) is 310 cm³/mol. The number of fused-ring (bicyclic) bond motifs is 12. The van der Waals surface area contributed by atoms with Crippen LogP contribution in [0.5, 0.6) is 0 Å². The van der Waals surface area contributed by atoms with Crippen LogP contribution in [0.1, 0.15) is 0 Å². The van der Waals surface area contributed by atoms with Crippen LogP contribution in [0.4, 0.5) is 0 Å². The van der Waals surface area contributed by atoms with Crippen molar-refractivity contribution in [2.45, 2.75) is 0 Å². The molecule has 16 rings (SSSR count). The molecule has 11 aromatic carbocycles. The van der Waals surface area contributed by atoms with Crippen LogP contribution in [0.15, 0.2) is 258 Å². The van der Waals surface area contributed by atoms with E-state index in [9.17, 15) is 0 Å². The number of aromatic nitrogens is 5. The fourth-order valence-electron chi connectivity index (χ4n) is 11.8. The number of nitrogens with zero attached hydrogens (tertiary/aromatic N) is 5. The van der Waals surface area contributed by atoms with Crippen molar-refractivity contribution in [3.63, 3.8) is 0 Å². The lowest BCUT2D eigenvalue weighted by Gasteiger charge is -2.12. The number of furan rings is 2. The summed E-state index contributed by atoms with van der Waals surface area (Å²) in [5.74, 6) is 1.66. The summed E-state index contributed by atoms with van der Waals surface area (Å²) in [6.45, 7) is 0. The maximum absolute atomic E-state index is 7.05. The number of hydrogen-bond donors (Lipinski definition) is 0. The first-order valence-electron chi connectivity index (χ1n) is 25.6. The van der Waals surface area contributed by atoms with Gasteiger partial charge in [0.05, 0.1) is 22.1 Å². The molecule has 354 valence electrons. The van der Waals surface area contributed by atoms with E-state index in [2.05, 4.69) is 228 Å². The first-order valence-corrected chi connectivity index (χ1v) is 25.6. The van der Waals surface area contributed by atoms with E-state index in [1.807, 2.05) is 30.3 Å². The van der Waals surface area contributed by atoms with Crippen LogP contribution in [-0.4, -0.2) is 24.1 Å². The Balaban J connectivity index is 0.898. The number of benzene rings is 11. The van der Waals surface area contributed by atoms with Crippen LogP contribution in [0.25, 0.3) is 155 Å². The van der Waals surface area contributed by atoms with E-state index in [-0.39, 0.29) is 0 Å². The highest BCUT2D eigenvalue weighted by atomic mass is 16.3. The Labute approximate surface area is 434 Å². The molecule has 5 aromatic heterocycles. The van der Waals surface area contributed by atoms with Crippen molar-refractivity contribution in [1.82, 2.24) is 24.1 Å². The Morgan fingerprint density at radius 2 is 0.789 bits per heavy atom.